The lowest BCUT2D eigenvalue weighted by Gasteiger charge is -2.64. The monoisotopic (exact) mass is 492 g/mol. The maximum atomic E-state index is 11.6. The van der Waals surface area contributed by atoms with Crippen molar-refractivity contribution in [3.63, 3.8) is 0 Å². The molecule has 12 atom stereocenters. The molecule has 0 unspecified atom stereocenters. The van der Waals surface area contributed by atoms with E-state index < -0.39 is 17.8 Å². The van der Waals surface area contributed by atoms with Crippen LogP contribution >= 0.6 is 0 Å². The molecule has 0 amide bonds. The molecule has 202 valence electrons. The van der Waals surface area contributed by atoms with Crippen molar-refractivity contribution in [1.29, 1.82) is 0 Å². The topological polar surface area (TPSA) is 101 Å². The number of hydrogen-bond acceptors (Lipinski definition) is 5. The van der Waals surface area contributed by atoms with Gasteiger partial charge in [0, 0.05) is 0 Å². The Hall–Kier alpha value is -0.200. The summed E-state index contributed by atoms with van der Waals surface area (Å²) in [7, 11) is 0. The molecule has 2 spiro atoms. The second-order valence-electron chi connectivity index (χ2n) is 15.6. The first-order valence-electron chi connectivity index (χ1n) is 14.4. The van der Waals surface area contributed by atoms with Crippen molar-refractivity contribution >= 4 is 0 Å². The molecule has 5 nitrogen and oxygen atoms in total. The number of aliphatic hydroxyl groups is 5. The van der Waals surface area contributed by atoms with Gasteiger partial charge in [-0.2, -0.15) is 0 Å². The molecule has 0 aromatic carbocycles. The number of fused-ring (bicyclic) bond motifs is 2. The van der Waals surface area contributed by atoms with Crippen molar-refractivity contribution in [2.75, 3.05) is 0 Å². The largest absolute Gasteiger partial charge is 0.393 e. The van der Waals surface area contributed by atoms with E-state index >= 15 is 0 Å². The SMILES string of the molecule is C[C@H](CC[C@H](O)C(C)(C)O)[C@H]1[C@@H](O)C[C@@]2(C)[C@H]3C[C@H](O)[C@@H]4C(C)(C)[C@@H](O)CC[C@@]45C[C@@]35CC[C@]12C. The van der Waals surface area contributed by atoms with Gasteiger partial charge in [0.2, 0.25) is 0 Å². The Morgan fingerprint density at radius 1 is 0.886 bits per heavy atom. The van der Waals surface area contributed by atoms with Crippen LogP contribution in [0.15, 0.2) is 0 Å². The van der Waals surface area contributed by atoms with E-state index in [1.165, 1.54) is 12.8 Å². The molecule has 5 aliphatic rings. The zero-order valence-electron chi connectivity index (χ0n) is 23.2. The maximum absolute atomic E-state index is 11.6. The fourth-order valence-corrected chi connectivity index (χ4v) is 11.5. The highest BCUT2D eigenvalue weighted by Gasteiger charge is 2.84. The quantitative estimate of drug-likeness (QED) is 0.394. The van der Waals surface area contributed by atoms with Crippen LogP contribution in [0, 0.1) is 50.7 Å². The highest BCUT2D eigenvalue weighted by atomic mass is 16.3. The van der Waals surface area contributed by atoms with Gasteiger partial charge in [-0.3, -0.25) is 0 Å². The van der Waals surface area contributed by atoms with Crippen molar-refractivity contribution in [2.45, 2.75) is 136 Å². The standard InChI is InChI=1S/C30H52O5/c1-17(8-9-22(34)26(4,5)35)23-19(32)15-28(7)20-14-18(31)24-25(2,3)21(33)10-11-30(24)16-29(20,30)13-12-27(23,28)6/h17-24,31-35H,8-16H2,1-7H3/t17-,18+,19+,20-,21+,22+,23+,24-,27-,28+,29+,30-/m1/s1. The van der Waals surface area contributed by atoms with E-state index in [4.69, 9.17) is 0 Å². The van der Waals surface area contributed by atoms with Crippen LogP contribution in [0.2, 0.25) is 0 Å². The Balaban J connectivity index is 1.43. The molecule has 35 heavy (non-hydrogen) atoms. The summed E-state index contributed by atoms with van der Waals surface area (Å²) < 4.78 is 0. The van der Waals surface area contributed by atoms with Crippen LogP contribution in [-0.4, -0.2) is 55.5 Å². The van der Waals surface area contributed by atoms with Crippen LogP contribution in [0.25, 0.3) is 0 Å². The van der Waals surface area contributed by atoms with Gasteiger partial charge >= 0.3 is 0 Å². The van der Waals surface area contributed by atoms with Gasteiger partial charge in [-0.15, -0.1) is 0 Å². The van der Waals surface area contributed by atoms with Crippen molar-refractivity contribution in [1.82, 2.24) is 0 Å². The molecular weight excluding hydrogens is 440 g/mol. The molecule has 5 N–H and O–H groups in total. The van der Waals surface area contributed by atoms with E-state index in [0.29, 0.717) is 12.3 Å². The van der Waals surface area contributed by atoms with Crippen molar-refractivity contribution < 1.29 is 25.5 Å². The minimum Gasteiger partial charge on any atom is -0.393 e. The average molecular weight is 493 g/mol. The lowest BCUT2D eigenvalue weighted by atomic mass is 9.41. The van der Waals surface area contributed by atoms with E-state index in [9.17, 15) is 25.5 Å². The highest BCUT2D eigenvalue weighted by Crippen LogP contribution is 2.89. The van der Waals surface area contributed by atoms with Crippen LogP contribution in [-0.2, 0) is 0 Å². The second kappa shape index (κ2) is 7.68. The van der Waals surface area contributed by atoms with Gasteiger partial charge in [0.05, 0.1) is 30.0 Å². The Bertz CT molecular complexity index is 850. The summed E-state index contributed by atoms with van der Waals surface area (Å²) >= 11 is 0. The Labute approximate surface area is 212 Å². The number of aliphatic hydroxyl groups excluding tert-OH is 4. The van der Waals surface area contributed by atoms with E-state index in [1.807, 2.05) is 0 Å². The minimum atomic E-state index is -1.11. The van der Waals surface area contributed by atoms with Crippen LogP contribution in [0.3, 0.4) is 0 Å². The minimum absolute atomic E-state index is 0.0124. The van der Waals surface area contributed by atoms with Crippen LogP contribution in [0.4, 0.5) is 0 Å². The van der Waals surface area contributed by atoms with E-state index in [2.05, 4.69) is 34.6 Å². The zero-order valence-corrected chi connectivity index (χ0v) is 23.2. The molecule has 5 heteroatoms. The molecule has 0 aromatic heterocycles. The highest BCUT2D eigenvalue weighted by molar-refractivity contribution is 5.32. The normalized spacial score (nSPS) is 54.2. The first-order chi connectivity index (χ1) is 16.0. The van der Waals surface area contributed by atoms with Gasteiger partial charge in [0.25, 0.3) is 0 Å². The molecule has 0 heterocycles. The average Bonchev–Trinajstić information content (AvgIpc) is 3.32. The maximum Gasteiger partial charge on any atom is 0.0849 e. The van der Waals surface area contributed by atoms with Gasteiger partial charge in [0.1, 0.15) is 0 Å². The van der Waals surface area contributed by atoms with Crippen LogP contribution in [0.5, 0.6) is 0 Å². The van der Waals surface area contributed by atoms with Gasteiger partial charge in [-0.1, -0.05) is 34.6 Å². The molecule has 5 saturated carbocycles. The summed E-state index contributed by atoms with van der Waals surface area (Å²) in [6.07, 6.45) is 6.35. The zero-order chi connectivity index (χ0) is 26.0. The molecule has 0 aliphatic heterocycles. The molecular formula is C30H52O5. The van der Waals surface area contributed by atoms with Gasteiger partial charge in [-0.05, 0) is 122 Å². The van der Waals surface area contributed by atoms with E-state index in [-0.39, 0.29) is 57.0 Å². The lowest BCUT2D eigenvalue weighted by molar-refractivity contribution is -0.198. The van der Waals surface area contributed by atoms with Gasteiger partial charge in [-0.25, -0.2) is 0 Å². The molecule has 0 bridgehead atoms. The summed E-state index contributed by atoms with van der Waals surface area (Å²) in [5.74, 6) is 0.973. The number of hydrogen-bond donors (Lipinski definition) is 5. The van der Waals surface area contributed by atoms with E-state index in [1.54, 1.807) is 13.8 Å². The molecule has 5 rings (SSSR count). The Kier molecular flexibility index (Phi) is 5.80. The summed E-state index contributed by atoms with van der Waals surface area (Å²) in [6, 6.07) is 0. The fourth-order valence-electron chi connectivity index (χ4n) is 11.5. The first kappa shape index (κ1) is 26.4. The summed E-state index contributed by atoms with van der Waals surface area (Å²) in [5, 5.41) is 54.7. The summed E-state index contributed by atoms with van der Waals surface area (Å²) in [6.45, 7) is 14.7. The smallest absolute Gasteiger partial charge is 0.0849 e. The van der Waals surface area contributed by atoms with Crippen molar-refractivity contribution in [3.8, 4) is 0 Å². The Morgan fingerprint density at radius 2 is 1.54 bits per heavy atom. The van der Waals surface area contributed by atoms with Crippen LogP contribution in [0.1, 0.15) is 106 Å². The fraction of sp³-hybridized carbons (Fsp3) is 1.00. The third kappa shape index (κ3) is 3.23. The second-order valence-corrected chi connectivity index (χ2v) is 15.6. The predicted molar refractivity (Wildman–Crippen MR) is 136 cm³/mol. The molecule has 5 aliphatic carbocycles. The summed E-state index contributed by atoms with van der Waals surface area (Å²) in [4.78, 5) is 0. The third-order valence-electron chi connectivity index (χ3n) is 13.4. The lowest BCUT2D eigenvalue weighted by Crippen LogP contribution is -2.61. The van der Waals surface area contributed by atoms with Crippen LogP contribution < -0.4 is 0 Å². The predicted octanol–water partition coefficient (Wildman–Crippen LogP) is 4.28. The molecule has 0 aromatic rings. The molecule has 5 fully saturated rings. The van der Waals surface area contributed by atoms with Gasteiger partial charge < -0.3 is 25.5 Å². The Morgan fingerprint density at radius 3 is 2.17 bits per heavy atom. The van der Waals surface area contributed by atoms with E-state index in [0.717, 1.165) is 38.5 Å². The number of rotatable bonds is 5. The molecule has 0 radical (unpaired) electrons. The van der Waals surface area contributed by atoms with Gasteiger partial charge in [0.15, 0.2) is 0 Å². The van der Waals surface area contributed by atoms with Crippen molar-refractivity contribution in [2.24, 2.45) is 50.7 Å². The first-order valence-corrected chi connectivity index (χ1v) is 14.4. The van der Waals surface area contributed by atoms with Crippen molar-refractivity contribution in [3.05, 3.63) is 0 Å². The summed E-state index contributed by atoms with van der Waals surface area (Å²) in [5.41, 5.74) is -1.03. The molecule has 0 saturated heterocycles. The third-order valence-corrected chi connectivity index (χ3v) is 13.4.